The third kappa shape index (κ3) is 4.00. The Kier molecular flexibility index (Phi) is 5.44. The molecule has 0 radical (unpaired) electrons. The van der Waals surface area contributed by atoms with Crippen molar-refractivity contribution in [3.8, 4) is 22.8 Å². The lowest BCUT2D eigenvalue weighted by atomic mass is 10.1. The number of aromatic nitrogens is 3. The highest BCUT2D eigenvalue weighted by Gasteiger charge is 2.12. The predicted molar refractivity (Wildman–Crippen MR) is 119 cm³/mol. The van der Waals surface area contributed by atoms with Gasteiger partial charge in [-0.3, -0.25) is 9.59 Å². The van der Waals surface area contributed by atoms with Crippen molar-refractivity contribution in [3.63, 3.8) is 0 Å². The van der Waals surface area contributed by atoms with Crippen molar-refractivity contribution in [1.29, 1.82) is 0 Å². The number of carbonyl (C=O) groups excluding carboxylic acids is 1. The van der Waals surface area contributed by atoms with E-state index in [-0.39, 0.29) is 18.0 Å². The molecule has 0 aliphatic heterocycles. The number of aryl methyl sites for hydroxylation is 1. The predicted octanol–water partition coefficient (Wildman–Crippen LogP) is 3.06. The molecule has 8 heteroatoms. The molecular formula is C23H22N4O4. The zero-order valence-electron chi connectivity index (χ0n) is 17.5. The van der Waals surface area contributed by atoms with Gasteiger partial charge in [-0.15, -0.1) is 0 Å². The van der Waals surface area contributed by atoms with Gasteiger partial charge in [0.15, 0.2) is 11.5 Å². The van der Waals surface area contributed by atoms with Crippen LogP contribution in [-0.4, -0.2) is 34.5 Å². The number of ether oxygens (including phenoxy) is 2. The molecule has 2 aromatic carbocycles. The highest BCUT2D eigenvalue weighted by molar-refractivity contribution is 6.01. The topological polar surface area (TPSA) is 87.4 Å². The SMILES string of the molecule is COc1ccc(-c2ccc(=O)n(CC(=O)Nc3cccc4c3ccn4C)n2)cc1OC. The Morgan fingerprint density at radius 2 is 1.84 bits per heavy atom. The van der Waals surface area contributed by atoms with Gasteiger partial charge >= 0.3 is 0 Å². The van der Waals surface area contributed by atoms with E-state index in [1.807, 2.05) is 48.1 Å². The van der Waals surface area contributed by atoms with Crippen molar-refractivity contribution in [1.82, 2.24) is 14.3 Å². The Balaban J connectivity index is 1.59. The summed E-state index contributed by atoms with van der Waals surface area (Å²) in [5, 5.41) is 8.17. The smallest absolute Gasteiger partial charge is 0.267 e. The average Bonchev–Trinajstić information content (AvgIpc) is 3.16. The van der Waals surface area contributed by atoms with Crippen LogP contribution >= 0.6 is 0 Å². The first-order valence-electron chi connectivity index (χ1n) is 9.64. The second-order valence-electron chi connectivity index (χ2n) is 7.00. The lowest BCUT2D eigenvalue weighted by Crippen LogP contribution is -2.29. The molecule has 2 heterocycles. The van der Waals surface area contributed by atoms with E-state index in [2.05, 4.69) is 10.4 Å². The van der Waals surface area contributed by atoms with Crippen LogP contribution in [0.1, 0.15) is 0 Å². The maximum Gasteiger partial charge on any atom is 0.267 e. The highest BCUT2D eigenvalue weighted by Crippen LogP contribution is 2.31. The standard InChI is InChI=1S/C23H22N4O4/c1-26-12-11-16-18(5-4-6-19(16)26)24-22(28)14-27-23(29)10-8-17(25-27)15-7-9-20(30-2)21(13-15)31-3/h4-13H,14H2,1-3H3,(H,24,28). The molecule has 2 aromatic heterocycles. The van der Waals surface area contributed by atoms with Crippen LogP contribution in [0.3, 0.4) is 0 Å². The molecule has 158 valence electrons. The molecule has 0 aliphatic carbocycles. The van der Waals surface area contributed by atoms with Gasteiger partial charge < -0.3 is 19.4 Å². The number of amides is 1. The second kappa shape index (κ2) is 8.35. The number of nitrogens with zero attached hydrogens (tertiary/aromatic N) is 3. The van der Waals surface area contributed by atoms with E-state index in [4.69, 9.17) is 9.47 Å². The molecule has 0 saturated heterocycles. The van der Waals surface area contributed by atoms with Crippen molar-refractivity contribution >= 4 is 22.5 Å². The van der Waals surface area contributed by atoms with Gasteiger partial charge in [-0.1, -0.05) is 6.07 Å². The van der Waals surface area contributed by atoms with E-state index in [9.17, 15) is 9.59 Å². The van der Waals surface area contributed by atoms with E-state index in [0.717, 1.165) is 21.1 Å². The molecule has 0 bridgehead atoms. The summed E-state index contributed by atoms with van der Waals surface area (Å²) in [4.78, 5) is 25.0. The zero-order valence-corrected chi connectivity index (χ0v) is 17.5. The number of rotatable bonds is 6. The van der Waals surface area contributed by atoms with Crippen LogP contribution in [0.5, 0.6) is 11.5 Å². The highest BCUT2D eigenvalue weighted by atomic mass is 16.5. The van der Waals surface area contributed by atoms with Crippen molar-refractivity contribution in [3.05, 3.63) is 71.1 Å². The first-order valence-corrected chi connectivity index (χ1v) is 9.64. The fourth-order valence-corrected chi connectivity index (χ4v) is 3.45. The Morgan fingerprint density at radius 1 is 1.03 bits per heavy atom. The Labute approximate surface area is 178 Å². The molecule has 31 heavy (non-hydrogen) atoms. The Morgan fingerprint density at radius 3 is 2.61 bits per heavy atom. The Bertz CT molecular complexity index is 1320. The minimum atomic E-state index is -0.364. The van der Waals surface area contributed by atoms with Crippen LogP contribution in [0.2, 0.25) is 0 Å². The molecule has 0 unspecified atom stereocenters. The van der Waals surface area contributed by atoms with E-state index >= 15 is 0 Å². The summed E-state index contributed by atoms with van der Waals surface area (Å²) in [5.74, 6) is 0.803. The second-order valence-corrected chi connectivity index (χ2v) is 7.00. The van der Waals surface area contributed by atoms with Crippen molar-refractivity contribution in [2.24, 2.45) is 7.05 Å². The number of benzene rings is 2. The van der Waals surface area contributed by atoms with Crippen LogP contribution < -0.4 is 20.3 Å². The third-order valence-corrected chi connectivity index (χ3v) is 5.04. The number of nitrogens with one attached hydrogen (secondary N) is 1. The number of anilines is 1. The van der Waals surface area contributed by atoms with Gasteiger partial charge in [-0.2, -0.15) is 5.10 Å². The summed E-state index contributed by atoms with van der Waals surface area (Å²) in [6, 6.07) is 16.0. The van der Waals surface area contributed by atoms with Gasteiger partial charge in [0.1, 0.15) is 6.54 Å². The average molecular weight is 418 g/mol. The van der Waals surface area contributed by atoms with Gasteiger partial charge in [0.2, 0.25) is 5.91 Å². The van der Waals surface area contributed by atoms with Gasteiger partial charge in [-0.25, -0.2) is 4.68 Å². The van der Waals surface area contributed by atoms with Crippen LogP contribution in [0.4, 0.5) is 5.69 Å². The number of hydrogen-bond acceptors (Lipinski definition) is 5. The van der Waals surface area contributed by atoms with E-state index < -0.39 is 0 Å². The van der Waals surface area contributed by atoms with E-state index in [1.54, 1.807) is 32.4 Å². The zero-order chi connectivity index (χ0) is 22.0. The summed E-state index contributed by atoms with van der Waals surface area (Å²) in [5.41, 5.74) is 2.60. The monoisotopic (exact) mass is 418 g/mol. The molecule has 0 saturated carbocycles. The molecule has 0 atom stereocenters. The maximum absolute atomic E-state index is 12.7. The van der Waals surface area contributed by atoms with Crippen LogP contribution in [0.25, 0.3) is 22.2 Å². The van der Waals surface area contributed by atoms with Gasteiger partial charge in [0.05, 0.1) is 25.6 Å². The quantitative estimate of drug-likeness (QED) is 0.520. The van der Waals surface area contributed by atoms with E-state index in [1.165, 1.54) is 6.07 Å². The third-order valence-electron chi connectivity index (χ3n) is 5.04. The molecule has 1 N–H and O–H groups in total. The first-order chi connectivity index (χ1) is 15.0. The van der Waals surface area contributed by atoms with Crippen LogP contribution in [0, 0.1) is 0 Å². The number of hydrogen-bond donors (Lipinski definition) is 1. The lowest BCUT2D eigenvalue weighted by molar-refractivity contribution is -0.117. The van der Waals surface area contributed by atoms with Crippen LogP contribution in [-0.2, 0) is 18.4 Å². The maximum atomic E-state index is 12.7. The summed E-state index contributed by atoms with van der Waals surface area (Å²) < 4.78 is 13.7. The summed E-state index contributed by atoms with van der Waals surface area (Å²) in [6.45, 7) is -0.205. The molecule has 4 rings (SSSR count). The van der Waals surface area contributed by atoms with Gasteiger partial charge in [0, 0.05) is 35.8 Å². The fourth-order valence-electron chi connectivity index (χ4n) is 3.45. The van der Waals surface area contributed by atoms with E-state index in [0.29, 0.717) is 22.9 Å². The largest absolute Gasteiger partial charge is 0.493 e. The van der Waals surface area contributed by atoms with Crippen molar-refractivity contribution in [2.45, 2.75) is 6.54 Å². The molecule has 1 amide bonds. The molecule has 0 spiro atoms. The number of fused-ring (bicyclic) bond motifs is 1. The summed E-state index contributed by atoms with van der Waals surface area (Å²) in [6.07, 6.45) is 1.93. The lowest BCUT2D eigenvalue weighted by Gasteiger charge is -2.11. The Hall–Kier alpha value is -4.07. The molecule has 4 aromatic rings. The molecule has 0 aliphatic rings. The van der Waals surface area contributed by atoms with Crippen molar-refractivity contribution in [2.75, 3.05) is 19.5 Å². The minimum Gasteiger partial charge on any atom is -0.493 e. The van der Waals surface area contributed by atoms with Crippen LogP contribution in [0.15, 0.2) is 65.6 Å². The molecule has 0 fully saturated rings. The van der Waals surface area contributed by atoms with Crippen molar-refractivity contribution < 1.29 is 14.3 Å². The summed E-state index contributed by atoms with van der Waals surface area (Å²) >= 11 is 0. The summed E-state index contributed by atoms with van der Waals surface area (Å²) in [7, 11) is 5.05. The normalized spacial score (nSPS) is 10.8. The number of methoxy groups -OCH3 is 2. The molecule has 8 nitrogen and oxygen atoms in total. The van der Waals surface area contributed by atoms with Gasteiger partial charge in [0.25, 0.3) is 5.56 Å². The first kappa shape index (κ1) is 20.2. The number of carbonyl (C=O) groups is 1. The minimum absolute atomic E-state index is 0.205. The fraction of sp³-hybridized carbons (Fsp3) is 0.174. The van der Waals surface area contributed by atoms with Gasteiger partial charge in [-0.05, 0) is 42.5 Å². The molecular weight excluding hydrogens is 396 g/mol.